The number of nitrogens with one attached hydrogen (secondary N) is 1. The highest BCUT2D eigenvalue weighted by Gasteiger charge is 2.15. The van der Waals surface area contributed by atoms with Gasteiger partial charge in [0.25, 0.3) is 0 Å². The molecular formula is C20H21ClN6O2. The summed E-state index contributed by atoms with van der Waals surface area (Å²) in [7, 11) is 0. The number of pyridine rings is 1. The molecule has 4 aromatic rings. The van der Waals surface area contributed by atoms with E-state index in [4.69, 9.17) is 4.42 Å². The average Bonchev–Trinajstić information content (AvgIpc) is 2.91. The van der Waals surface area contributed by atoms with Crippen LogP contribution in [0, 0.1) is 6.92 Å². The lowest BCUT2D eigenvalue weighted by Gasteiger charge is -2.20. The third-order valence-electron chi connectivity index (χ3n) is 4.99. The Balaban J connectivity index is 0.00000205. The molecule has 0 atom stereocenters. The molecule has 0 spiro atoms. The maximum absolute atomic E-state index is 12.6. The van der Waals surface area contributed by atoms with Crippen molar-refractivity contribution in [3.8, 4) is 11.3 Å². The molecule has 150 valence electrons. The second-order valence-corrected chi connectivity index (χ2v) is 7.02. The molecule has 9 heteroatoms. The maximum Gasteiger partial charge on any atom is 0.347 e. The van der Waals surface area contributed by atoms with Crippen LogP contribution in [-0.2, 0) is 0 Å². The lowest BCUT2D eigenvalue weighted by molar-refractivity contribution is 0.551. The van der Waals surface area contributed by atoms with Crippen LogP contribution in [0.15, 0.2) is 46.0 Å². The van der Waals surface area contributed by atoms with E-state index >= 15 is 0 Å². The van der Waals surface area contributed by atoms with E-state index in [2.05, 4.69) is 25.2 Å². The highest BCUT2D eigenvalue weighted by atomic mass is 35.5. The molecule has 0 aromatic carbocycles. The summed E-state index contributed by atoms with van der Waals surface area (Å²) in [4.78, 5) is 28.2. The Hall–Kier alpha value is -2.97. The number of hydrogen-bond donors (Lipinski definition) is 1. The van der Waals surface area contributed by atoms with Crippen molar-refractivity contribution in [3.63, 3.8) is 0 Å². The van der Waals surface area contributed by atoms with Crippen molar-refractivity contribution in [2.24, 2.45) is 0 Å². The zero-order valence-electron chi connectivity index (χ0n) is 16.0. The molecule has 1 N–H and O–H groups in total. The topological polar surface area (TPSA) is 88.6 Å². The Kier molecular flexibility index (Phi) is 5.21. The summed E-state index contributed by atoms with van der Waals surface area (Å²) < 4.78 is 7.41. The van der Waals surface area contributed by atoms with Crippen molar-refractivity contribution in [3.05, 3.63) is 52.9 Å². The Morgan fingerprint density at radius 1 is 1.14 bits per heavy atom. The van der Waals surface area contributed by atoms with Gasteiger partial charge in [-0.25, -0.2) is 9.78 Å². The minimum absolute atomic E-state index is 0. The lowest BCUT2D eigenvalue weighted by Crippen LogP contribution is -2.28. The minimum atomic E-state index is -0.442. The lowest BCUT2D eigenvalue weighted by atomic mass is 10.2. The Labute approximate surface area is 173 Å². The van der Waals surface area contributed by atoms with E-state index in [1.54, 1.807) is 12.3 Å². The first-order chi connectivity index (χ1) is 13.7. The maximum atomic E-state index is 12.6. The van der Waals surface area contributed by atoms with Gasteiger partial charge in [0.2, 0.25) is 5.71 Å². The minimum Gasteiger partial charge on any atom is -0.403 e. The monoisotopic (exact) mass is 412 g/mol. The van der Waals surface area contributed by atoms with Crippen LogP contribution in [0.2, 0.25) is 0 Å². The van der Waals surface area contributed by atoms with Crippen LogP contribution >= 0.6 is 12.4 Å². The summed E-state index contributed by atoms with van der Waals surface area (Å²) in [6, 6.07) is 5.72. The van der Waals surface area contributed by atoms with Gasteiger partial charge in [0, 0.05) is 37.4 Å². The molecule has 0 bridgehead atoms. The fraction of sp³-hybridized carbons (Fsp3) is 0.300. The Morgan fingerprint density at radius 3 is 2.93 bits per heavy atom. The molecule has 5 rings (SSSR count). The number of rotatable bonds is 2. The van der Waals surface area contributed by atoms with Crippen molar-refractivity contribution < 1.29 is 4.42 Å². The van der Waals surface area contributed by atoms with Gasteiger partial charge >= 0.3 is 5.63 Å². The summed E-state index contributed by atoms with van der Waals surface area (Å²) in [6.45, 7) is 5.66. The smallest absolute Gasteiger partial charge is 0.347 e. The molecule has 0 unspecified atom stereocenters. The van der Waals surface area contributed by atoms with Gasteiger partial charge in [0.15, 0.2) is 5.65 Å². The van der Waals surface area contributed by atoms with Crippen molar-refractivity contribution in [2.75, 3.05) is 31.1 Å². The van der Waals surface area contributed by atoms with Crippen LogP contribution in [0.5, 0.6) is 0 Å². The summed E-state index contributed by atoms with van der Waals surface area (Å²) in [6.07, 6.45) is 6.43. The van der Waals surface area contributed by atoms with E-state index in [0.717, 1.165) is 49.5 Å². The first-order valence-corrected chi connectivity index (χ1v) is 9.40. The van der Waals surface area contributed by atoms with Gasteiger partial charge in [0.1, 0.15) is 5.82 Å². The number of halogens is 1. The molecule has 0 amide bonds. The number of imidazole rings is 1. The van der Waals surface area contributed by atoms with Crippen LogP contribution in [0.4, 0.5) is 5.82 Å². The van der Waals surface area contributed by atoms with E-state index in [9.17, 15) is 4.79 Å². The molecule has 8 nitrogen and oxygen atoms in total. The summed E-state index contributed by atoms with van der Waals surface area (Å²) >= 11 is 0. The van der Waals surface area contributed by atoms with Gasteiger partial charge in [-0.3, -0.25) is 4.98 Å². The summed E-state index contributed by atoms with van der Waals surface area (Å²) in [5.74, 6) is 0.835. The summed E-state index contributed by atoms with van der Waals surface area (Å²) in [5, 5.41) is 4.15. The zero-order valence-corrected chi connectivity index (χ0v) is 16.8. The number of nitrogens with zero attached hydrogens (tertiary/aromatic N) is 5. The number of aromatic nitrogens is 4. The van der Waals surface area contributed by atoms with E-state index in [-0.39, 0.29) is 12.4 Å². The highest BCUT2D eigenvalue weighted by Crippen LogP contribution is 2.23. The fourth-order valence-corrected chi connectivity index (χ4v) is 3.55. The molecule has 1 aliphatic heterocycles. The first-order valence-electron chi connectivity index (χ1n) is 9.40. The third kappa shape index (κ3) is 3.68. The third-order valence-corrected chi connectivity index (χ3v) is 4.99. The normalized spacial score (nSPS) is 14.7. The van der Waals surface area contributed by atoms with E-state index in [1.165, 1.54) is 0 Å². The predicted octanol–water partition coefficient (Wildman–Crippen LogP) is 2.43. The number of hydrogen-bond acceptors (Lipinski definition) is 7. The average molecular weight is 413 g/mol. The van der Waals surface area contributed by atoms with Crippen molar-refractivity contribution in [2.45, 2.75) is 13.3 Å². The van der Waals surface area contributed by atoms with Crippen LogP contribution in [0.1, 0.15) is 12.1 Å². The van der Waals surface area contributed by atoms with Gasteiger partial charge in [-0.1, -0.05) is 0 Å². The van der Waals surface area contributed by atoms with Gasteiger partial charge in [-0.2, -0.15) is 4.98 Å². The SMILES string of the molecule is Cc1cn2cc(-c3cc4ccc(N5CCCNCC5)nc4oc3=O)nc2cn1.Cl. The molecule has 29 heavy (non-hydrogen) atoms. The first kappa shape index (κ1) is 19.4. The van der Waals surface area contributed by atoms with Crippen LogP contribution in [0.3, 0.4) is 0 Å². The van der Waals surface area contributed by atoms with Gasteiger partial charge in [-0.15, -0.1) is 12.4 Å². The van der Waals surface area contributed by atoms with E-state index in [1.807, 2.05) is 35.9 Å². The van der Waals surface area contributed by atoms with Gasteiger partial charge in [-0.05, 0) is 38.1 Å². The van der Waals surface area contributed by atoms with Crippen molar-refractivity contribution >= 4 is 35.0 Å². The van der Waals surface area contributed by atoms with E-state index < -0.39 is 5.63 Å². The molecule has 5 heterocycles. The largest absolute Gasteiger partial charge is 0.403 e. The highest BCUT2D eigenvalue weighted by molar-refractivity contribution is 5.85. The zero-order chi connectivity index (χ0) is 19.1. The fourth-order valence-electron chi connectivity index (χ4n) is 3.55. The molecule has 1 aliphatic rings. The van der Waals surface area contributed by atoms with Crippen LogP contribution in [0.25, 0.3) is 28.0 Å². The Morgan fingerprint density at radius 2 is 2.03 bits per heavy atom. The number of anilines is 1. The molecular weight excluding hydrogens is 392 g/mol. The van der Waals surface area contributed by atoms with E-state index in [0.29, 0.717) is 22.6 Å². The Bertz CT molecular complexity index is 1230. The molecule has 4 aromatic heterocycles. The molecule has 0 saturated carbocycles. The molecule has 1 fully saturated rings. The predicted molar refractivity (Wildman–Crippen MR) is 114 cm³/mol. The van der Waals surface area contributed by atoms with Gasteiger partial charge < -0.3 is 19.0 Å². The number of fused-ring (bicyclic) bond motifs is 2. The second-order valence-electron chi connectivity index (χ2n) is 7.02. The van der Waals surface area contributed by atoms with Gasteiger partial charge in [0.05, 0.1) is 23.1 Å². The van der Waals surface area contributed by atoms with Crippen LogP contribution in [-0.4, -0.2) is 45.5 Å². The van der Waals surface area contributed by atoms with Crippen molar-refractivity contribution in [1.82, 2.24) is 24.7 Å². The molecule has 0 aliphatic carbocycles. The van der Waals surface area contributed by atoms with Crippen molar-refractivity contribution in [1.29, 1.82) is 0 Å². The molecule has 1 saturated heterocycles. The number of aryl methyl sites for hydroxylation is 1. The molecule has 0 radical (unpaired) electrons. The standard InChI is InChI=1S/C20H20N6O2.ClH/c1-13-11-26-12-16(23-18(26)10-22-13)15-9-14-3-4-17(24-19(14)28-20(15)27)25-7-2-5-21-6-8-25;/h3-4,9-12,21H,2,5-8H2,1H3;1H. The van der Waals surface area contributed by atoms with Crippen LogP contribution < -0.4 is 15.8 Å². The summed E-state index contributed by atoms with van der Waals surface area (Å²) in [5.41, 5.74) is 2.45. The second kappa shape index (κ2) is 7.81. The quantitative estimate of drug-likeness (QED) is 0.540.